The molecule has 0 saturated heterocycles. The zero-order valence-corrected chi connectivity index (χ0v) is 18.2. The molecule has 4 rings (SSSR count). The molecule has 3 nitrogen and oxygen atoms in total. The van der Waals surface area contributed by atoms with E-state index < -0.39 is 18.1 Å². The molecule has 2 bridgehead atoms. The molecule has 27 heavy (non-hydrogen) atoms. The molecule has 2 aromatic rings. The van der Waals surface area contributed by atoms with Crippen LogP contribution in [-0.2, 0) is 10.0 Å². The van der Waals surface area contributed by atoms with E-state index in [1.54, 1.807) is 0 Å². The van der Waals surface area contributed by atoms with Crippen LogP contribution in [0.2, 0.25) is 13.1 Å². The van der Waals surface area contributed by atoms with Gasteiger partial charge in [0.05, 0.1) is 4.90 Å². The first-order chi connectivity index (χ1) is 12.8. The summed E-state index contributed by atoms with van der Waals surface area (Å²) in [6.07, 6.45) is 4.64. The zero-order valence-electron chi connectivity index (χ0n) is 16.4. The number of aryl methyl sites for hydroxylation is 1. The lowest BCUT2D eigenvalue weighted by Gasteiger charge is -2.28. The Hall–Kier alpha value is -1.43. The number of sulfonamides is 1. The van der Waals surface area contributed by atoms with Gasteiger partial charge in [-0.15, -0.1) is 0 Å². The highest BCUT2D eigenvalue weighted by atomic mass is 32.2. The Kier molecular flexibility index (Phi) is 4.81. The Labute approximate surface area is 164 Å². The summed E-state index contributed by atoms with van der Waals surface area (Å²) in [4.78, 5) is 0.483. The summed E-state index contributed by atoms with van der Waals surface area (Å²) in [5.41, 5.74) is 1.11. The summed E-state index contributed by atoms with van der Waals surface area (Å²) >= 11 is 0. The van der Waals surface area contributed by atoms with E-state index in [-0.39, 0.29) is 6.04 Å². The van der Waals surface area contributed by atoms with Crippen LogP contribution in [0.15, 0.2) is 53.4 Å². The maximum Gasteiger partial charge on any atom is 0.240 e. The van der Waals surface area contributed by atoms with Gasteiger partial charge >= 0.3 is 0 Å². The summed E-state index contributed by atoms with van der Waals surface area (Å²) in [6, 6.07) is 16.3. The highest BCUT2D eigenvalue weighted by molar-refractivity contribution is 7.89. The first-order valence-corrected chi connectivity index (χ1v) is 14.4. The van der Waals surface area contributed by atoms with Crippen molar-refractivity contribution in [2.24, 2.45) is 11.8 Å². The summed E-state index contributed by atoms with van der Waals surface area (Å²) < 4.78 is 29.9. The lowest BCUT2D eigenvalue weighted by atomic mass is 9.96. The summed E-state index contributed by atoms with van der Waals surface area (Å²) in [5, 5.41) is 2.26. The van der Waals surface area contributed by atoms with Gasteiger partial charge < -0.3 is 0 Å². The summed E-state index contributed by atoms with van der Waals surface area (Å²) in [6.45, 7) is 6.53. The fraction of sp³-hybridized carbons (Fsp3) is 0.455. The van der Waals surface area contributed by atoms with Crippen LogP contribution in [0.25, 0.3) is 0 Å². The molecule has 2 aliphatic carbocycles. The number of fused-ring (bicyclic) bond motifs is 2. The lowest BCUT2D eigenvalue weighted by Crippen LogP contribution is -2.55. The van der Waals surface area contributed by atoms with Crippen molar-refractivity contribution in [3.05, 3.63) is 54.1 Å². The van der Waals surface area contributed by atoms with Gasteiger partial charge in [-0.3, -0.25) is 0 Å². The second-order valence-electron chi connectivity index (χ2n) is 8.89. The zero-order chi connectivity index (χ0) is 19.2. The Morgan fingerprint density at radius 2 is 1.74 bits per heavy atom. The van der Waals surface area contributed by atoms with E-state index in [1.807, 2.05) is 37.3 Å². The topological polar surface area (TPSA) is 46.2 Å². The van der Waals surface area contributed by atoms with E-state index in [4.69, 9.17) is 0 Å². The average molecular weight is 400 g/mol. The predicted octanol–water partition coefficient (Wildman–Crippen LogP) is 3.28. The van der Waals surface area contributed by atoms with Gasteiger partial charge in [0.15, 0.2) is 0 Å². The van der Waals surface area contributed by atoms with Crippen molar-refractivity contribution in [3.63, 3.8) is 0 Å². The number of hydrogen-bond acceptors (Lipinski definition) is 2. The molecule has 0 aliphatic heterocycles. The molecule has 0 heterocycles. The molecule has 3 atom stereocenters. The third kappa shape index (κ3) is 3.53. The Balaban J connectivity index is 1.73. The number of nitrogens with one attached hydrogen (secondary N) is 1. The minimum absolute atomic E-state index is 0.115. The third-order valence-electron chi connectivity index (χ3n) is 6.64. The molecule has 144 valence electrons. The molecule has 2 fully saturated rings. The van der Waals surface area contributed by atoms with E-state index >= 15 is 0 Å². The molecule has 0 aromatic heterocycles. The molecular formula is C22H29NO2SSi. The van der Waals surface area contributed by atoms with Crippen LogP contribution in [-0.4, -0.2) is 22.5 Å². The van der Waals surface area contributed by atoms with Gasteiger partial charge in [-0.1, -0.05) is 72.7 Å². The van der Waals surface area contributed by atoms with Crippen molar-refractivity contribution in [2.45, 2.75) is 56.6 Å². The molecule has 0 spiro atoms. The Bertz CT molecular complexity index is 940. The van der Waals surface area contributed by atoms with Gasteiger partial charge in [0.2, 0.25) is 10.0 Å². The van der Waals surface area contributed by atoms with E-state index in [0.717, 1.165) is 23.1 Å². The van der Waals surface area contributed by atoms with Gasteiger partial charge in [0.1, 0.15) is 8.07 Å². The maximum absolute atomic E-state index is 13.4. The van der Waals surface area contributed by atoms with Gasteiger partial charge in [0.25, 0.3) is 0 Å². The number of benzene rings is 2. The molecule has 2 saturated carbocycles. The van der Waals surface area contributed by atoms with Crippen molar-refractivity contribution >= 4 is 28.5 Å². The van der Waals surface area contributed by atoms with Crippen molar-refractivity contribution in [1.29, 1.82) is 0 Å². The van der Waals surface area contributed by atoms with Crippen molar-refractivity contribution in [2.75, 3.05) is 0 Å². The van der Waals surface area contributed by atoms with Crippen LogP contribution in [0.3, 0.4) is 0 Å². The largest absolute Gasteiger partial charge is 0.240 e. The summed E-state index contributed by atoms with van der Waals surface area (Å²) in [7, 11) is -5.65. The second kappa shape index (κ2) is 6.87. The predicted molar refractivity (Wildman–Crippen MR) is 114 cm³/mol. The van der Waals surface area contributed by atoms with Gasteiger partial charge in [-0.25, -0.2) is 13.1 Å². The molecule has 1 N–H and O–H groups in total. The van der Waals surface area contributed by atoms with Gasteiger partial charge in [-0.2, -0.15) is 0 Å². The normalized spacial score (nSPS) is 25.1. The highest BCUT2D eigenvalue weighted by Crippen LogP contribution is 2.44. The minimum atomic E-state index is -3.52. The molecule has 0 radical (unpaired) electrons. The molecule has 5 heteroatoms. The van der Waals surface area contributed by atoms with E-state index in [9.17, 15) is 8.42 Å². The van der Waals surface area contributed by atoms with E-state index in [1.165, 1.54) is 24.4 Å². The third-order valence-corrected chi connectivity index (χ3v) is 11.9. The number of hydrogen-bond donors (Lipinski definition) is 1. The van der Waals surface area contributed by atoms with E-state index in [0.29, 0.717) is 10.8 Å². The van der Waals surface area contributed by atoms with Gasteiger partial charge in [-0.05, 0) is 49.3 Å². The van der Waals surface area contributed by atoms with Crippen LogP contribution in [0, 0.1) is 18.8 Å². The Morgan fingerprint density at radius 1 is 1.00 bits per heavy atom. The first-order valence-electron chi connectivity index (χ1n) is 9.96. The van der Waals surface area contributed by atoms with Gasteiger partial charge in [0, 0.05) is 6.04 Å². The SMILES string of the molecule is Cc1ccc(S(=O)(=O)N[C@H]2C[C@@H]3CC[C@H]2C3)c([Si](C)(C)c2ccccc2)c1. The molecule has 0 amide bonds. The minimum Gasteiger partial charge on any atom is -0.208 e. The molecular weight excluding hydrogens is 370 g/mol. The van der Waals surface area contributed by atoms with Crippen molar-refractivity contribution < 1.29 is 8.42 Å². The van der Waals surface area contributed by atoms with Crippen LogP contribution >= 0.6 is 0 Å². The highest BCUT2D eigenvalue weighted by Gasteiger charge is 2.42. The fourth-order valence-electron chi connectivity index (χ4n) is 5.03. The molecule has 0 unspecified atom stereocenters. The maximum atomic E-state index is 13.4. The monoisotopic (exact) mass is 399 g/mol. The quantitative estimate of drug-likeness (QED) is 0.784. The smallest absolute Gasteiger partial charge is 0.208 e. The lowest BCUT2D eigenvalue weighted by molar-refractivity contribution is 0.390. The van der Waals surface area contributed by atoms with Crippen LogP contribution < -0.4 is 15.1 Å². The standard InChI is InChI=1S/C22H29NO2SSi/c1-16-9-12-21(22(13-16)27(2,3)19-7-5-4-6-8-19)26(24,25)23-20-15-17-10-11-18(20)14-17/h4-9,12-13,17-18,20,23H,10-11,14-15H2,1-3H3/t17-,18+,20+/m1/s1. The fourth-order valence-corrected chi connectivity index (χ4v) is 10.2. The van der Waals surface area contributed by atoms with Crippen LogP contribution in [0.4, 0.5) is 0 Å². The van der Waals surface area contributed by atoms with Crippen LogP contribution in [0.1, 0.15) is 31.2 Å². The van der Waals surface area contributed by atoms with Crippen molar-refractivity contribution in [1.82, 2.24) is 4.72 Å². The van der Waals surface area contributed by atoms with Crippen molar-refractivity contribution in [3.8, 4) is 0 Å². The van der Waals surface area contributed by atoms with E-state index in [2.05, 4.69) is 36.0 Å². The number of rotatable bonds is 5. The second-order valence-corrected chi connectivity index (χ2v) is 14.9. The Morgan fingerprint density at radius 3 is 2.37 bits per heavy atom. The summed E-state index contributed by atoms with van der Waals surface area (Å²) in [5.74, 6) is 1.24. The molecule has 2 aromatic carbocycles. The van der Waals surface area contributed by atoms with Crippen LogP contribution in [0.5, 0.6) is 0 Å². The average Bonchev–Trinajstić information content (AvgIpc) is 3.24. The first kappa shape index (κ1) is 18.9. The molecule has 2 aliphatic rings.